The molecule has 2 fully saturated rings. The molecule has 4 amide bonds. The Balaban J connectivity index is 2.08. The lowest BCUT2D eigenvalue weighted by molar-refractivity contribution is -0.137. The Bertz CT molecular complexity index is 449. The molecule has 1 spiro atoms. The second kappa shape index (κ2) is 5.64. The number of nitrogens with zero attached hydrogens (tertiary/aromatic N) is 1. The maximum absolute atomic E-state index is 12.6. The molecule has 2 N–H and O–H groups in total. The van der Waals surface area contributed by atoms with Crippen molar-refractivity contribution in [3.05, 3.63) is 12.7 Å². The number of rotatable bonds is 4. The smallest absolute Gasteiger partial charge is 0.325 e. The van der Waals surface area contributed by atoms with Crippen LogP contribution in [0, 0.1) is 5.92 Å². The lowest BCUT2D eigenvalue weighted by Crippen LogP contribution is -2.54. The van der Waals surface area contributed by atoms with E-state index in [4.69, 9.17) is 0 Å². The van der Waals surface area contributed by atoms with Gasteiger partial charge in [0.2, 0.25) is 5.91 Å². The molecule has 1 heterocycles. The first-order valence-corrected chi connectivity index (χ1v) is 7.03. The van der Waals surface area contributed by atoms with Crippen LogP contribution in [0.25, 0.3) is 0 Å². The Morgan fingerprint density at radius 1 is 1.55 bits per heavy atom. The zero-order valence-corrected chi connectivity index (χ0v) is 11.8. The van der Waals surface area contributed by atoms with Gasteiger partial charge in [-0.25, -0.2) is 4.79 Å². The molecular formula is C14H21N3O3. The van der Waals surface area contributed by atoms with Gasteiger partial charge in [-0.2, -0.15) is 0 Å². The van der Waals surface area contributed by atoms with E-state index in [0.717, 1.165) is 24.2 Å². The third kappa shape index (κ3) is 2.42. The Labute approximate surface area is 118 Å². The summed E-state index contributed by atoms with van der Waals surface area (Å²) in [5.74, 6) is -0.508. The summed E-state index contributed by atoms with van der Waals surface area (Å²) < 4.78 is 0. The zero-order chi connectivity index (χ0) is 14.8. The van der Waals surface area contributed by atoms with Crippen molar-refractivity contribution in [2.45, 2.75) is 38.1 Å². The quantitative estimate of drug-likeness (QED) is 0.590. The average Bonchev–Trinajstić information content (AvgIpc) is 2.65. The summed E-state index contributed by atoms with van der Waals surface area (Å²) in [5.41, 5.74) is -0.798. The van der Waals surface area contributed by atoms with Crippen molar-refractivity contribution in [1.29, 1.82) is 0 Å². The maximum Gasteiger partial charge on any atom is 0.325 e. The molecule has 0 unspecified atom stereocenters. The third-order valence-corrected chi connectivity index (χ3v) is 4.25. The van der Waals surface area contributed by atoms with E-state index in [9.17, 15) is 14.4 Å². The highest BCUT2D eigenvalue weighted by molar-refractivity contribution is 6.09. The topological polar surface area (TPSA) is 78.5 Å². The SMILES string of the molecule is C=CCNC(=O)CN1C(=O)N[C@]2(CCCC[C@@H]2C)C1=O. The van der Waals surface area contributed by atoms with Crippen molar-refractivity contribution in [1.82, 2.24) is 15.5 Å². The molecule has 6 heteroatoms. The van der Waals surface area contributed by atoms with Gasteiger partial charge in [-0.3, -0.25) is 14.5 Å². The predicted octanol–water partition coefficient (Wildman–Crippen LogP) is 0.789. The van der Waals surface area contributed by atoms with Crippen LogP contribution in [0.5, 0.6) is 0 Å². The van der Waals surface area contributed by atoms with Crippen LogP contribution in [0.3, 0.4) is 0 Å². The van der Waals surface area contributed by atoms with Crippen LogP contribution >= 0.6 is 0 Å². The van der Waals surface area contributed by atoms with Gasteiger partial charge in [0, 0.05) is 6.54 Å². The fraction of sp³-hybridized carbons (Fsp3) is 0.643. The van der Waals surface area contributed by atoms with Crippen LogP contribution < -0.4 is 10.6 Å². The number of urea groups is 1. The third-order valence-electron chi connectivity index (χ3n) is 4.25. The predicted molar refractivity (Wildman–Crippen MR) is 73.8 cm³/mol. The number of hydrogen-bond donors (Lipinski definition) is 2. The van der Waals surface area contributed by atoms with Crippen LogP contribution in [0.4, 0.5) is 4.79 Å². The van der Waals surface area contributed by atoms with Gasteiger partial charge in [-0.15, -0.1) is 6.58 Å². The monoisotopic (exact) mass is 279 g/mol. The van der Waals surface area contributed by atoms with Gasteiger partial charge < -0.3 is 10.6 Å². The first-order chi connectivity index (χ1) is 9.51. The van der Waals surface area contributed by atoms with Gasteiger partial charge in [0.1, 0.15) is 12.1 Å². The molecule has 0 aromatic heterocycles. The van der Waals surface area contributed by atoms with E-state index in [1.807, 2.05) is 6.92 Å². The molecule has 2 rings (SSSR count). The number of carbonyl (C=O) groups excluding carboxylic acids is 3. The van der Waals surface area contributed by atoms with Crippen molar-refractivity contribution in [2.24, 2.45) is 5.92 Å². The fourth-order valence-electron chi connectivity index (χ4n) is 3.02. The number of nitrogens with one attached hydrogen (secondary N) is 2. The molecular weight excluding hydrogens is 258 g/mol. The second-order valence-electron chi connectivity index (χ2n) is 5.53. The Morgan fingerprint density at radius 2 is 2.30 bits per heavy atom. The molecule has 1 aliphatic carbocycles. The zero-order valence-electron chi connectivity index (χ0n) is 11.8. The van der Waals surface area contributed by atoms with E-state index < -0.39 is 11.6 Å². The van der Waals surface area contributed by atoms with E-state index >= 15 is 0 Å². The van der Waals surface area contributed by atoms with Gasteiger partial charge in [0.25, 0.3) is 5.91 Å². The highest BCUT2D eigenvalue weighted by atomic mass is 16.2. The van der Waals surface area contributed by atoms with Crippen LogP contribution in [0.15, 0.2) is 12.7 Å². The van der Waals surface area contributed by atoms with E-state index in [0.29, 0.717) is 13.0 Å². The molecule has 1 aliphatic heterocycles. The molecule has 20 heavy (non-hydrogen) atoms. The summed E-state index contributed by atoms with van der Waals surface area (Å²) in [7, 11) is 0. The minimum Gasteiger partial charge on any atom is -0.351 e. The minimum absolute atomic E-state index is 0.105. The summed E-state index contributed by atoms with van der Waals surface area (Å²) >= 11 is 0. The molecule has 110 valence electrons. The summed E-state index contributed by atoms with van der Waals surface area (Å²) in [6.07, 6.45) is 5.12. The van der Waals surface area contributed by atoms with Crippen LogP contribution in [-0.4, -0.2) is 41.4 Å². The molecule has 1 saturated heterocycles. The maximum atomic E-state index is 12.6. The first kappa shape index (κ1) is 14.6. The molecule has 2 aliphatic rings. The van der Waals surface area contributed by atoms with Crippen LogP contribution in [0.1, 0.15) is 32.6 Å². The van der Waals surface area contributed by atoms with Crippen LogP contribution in [0.2, 0.25) is 0 Å². The van der Waals surface area contributed by atoms with E-state index in [1.54, 1.807) is 6.08 Å². The molecule has 2 atom stereocenters. The number of hydrogen-bond acceptors (Lipinski definition) is 3. The lowest BCUT2D eigenvalue weighted by Gasteiger charge is -2.36. The molecule has 1 saturated carbocycles. The number of amides is 4. The van der Waals surface area contributed by atoms with Gasteiger partial charge >= 0.3 is 6.03 Å². The Hall–Kier alpha value is -1.85. The fourth-order valence-corrected chi connectivity index (χ4v) is 3.02. The molecule has 0 radical (unpaired) electrons. The minimum atomic E-state index is -0.798. The number of imide groups is 1. The van der Waals surface area contributed by atoms with Gasteiger partial charge in [0.05, 0.1) is 0 Å². The lowest BCUT2D eigenvalue weighted by atomic mass is 9.73. The summed E-state index contributed by atoms with van der Waals surface area (Å²) in [6.45, 7) is 5.58. The van der Waals surface area contributed by atoms with Crippen molar-refractivity contribution >= 4 is 17.8 Å². The molecule has 6 nitrogen and oxygen atoms in total. The van der Waals surface area contributed by atoms with Crippen molar-refractivity contribution < 1.29 is 14.4 Å². The van der Waals surface area contributed by atoms with E-state index in [2.05, 4.69) is 17.2 Å². The standard InChI is InChI=1S/C14H21N3O3/c1-3-8-15-11(18)9-17-12(19)14(16-13(17)20)7-5-4-6-10(14)2/h3,10H,1,4-9H2,2H3,(H,15,18)(H,16,20)/t10-,14-/m0/s1. The summed E-state index contributed by atoms with van der Waals surface area (Å²) in [5, 5.41) is 5.39. The highest BCUT2D eigenvalue weighted by Crippen LogP contribution is 2.37. The molecule has 0 aromatic carbocycles. The number of carbonyl (C=O) groups is 3. The molecule has 0 bridgehead atoms. The highest BCUT2D eigenvalue weighted by Gasteiger charge is 2.55. The van der Waals surface area contributed by atoms with Gasteiger partial charge in [0.15, 0.2) is 0 Å². The summed E-state index contributed by atoms with van der Waals surface area (Å²) in [6, 6.07) is -0.461. The van der Waals surface area contributed by atoms with Gasteiger partial charge in [-0.1, -0.05) is 25.8 Å². The normalized spacial score (nSPS) is 29.4. The van der Waals surface area contributed by atoms with Crippen molar-refractivity contribution in [2.75, 3.05) is 13.1 Å². The largest absolute Gasteiger partial charge is 0.351 e. The van der Waals surface area contributed by atoms with Crippen molar-refractivity contribution in [3.63, 3.8) is 0 Å². The van der Waals surface area contributed by atoms with E-state index in [-0.39, 0.29) is 24.3 Å². The average molecular weight is 279 g/mol. The second-order valence-corrected chi connectivity index (χ2v) is 5.53. The Kier molecular flexibility index (Phi) is 4.11. The van der Waals surface area contributed by atoms with Gasteiger partial charge in [-0.05, 0) is 18.8 Å². The van der Waals surface area contributed by atoms with E-state index in [1.165, 1.54) is 0 Å². The first-order valence-electron chi connectivity index (χ1n) is 7.03. The van der Waals surface area contributed by atoms with Crippen LogP contribution in [-0.2, 0) is 9.59 Å². The molecule has 0 aromatic rings. The Morgan fingerprint density at radius 3 is 2.95 bits per heavy atom. The summed E-state index contributed by atoms with van der Waals surface area (Å²) in [4.78, 5) is 37.3. The van der Waals surface area contributed by atoms with Crippen molar-refractivity contribution in [3.8, 4) is 0 Å².